The molecular formula is C35H31NO10. The zero-order valence-corrected chi connectivity index (χ0v) is 24.6. The summed E-state index contributed by atoms with van der Waals surface area (Å²) >= 11 is 0. The summed E-state index contributed by atoms with van der Waals surface area (Å²) in [7, 11) is 0. The molecule has 236 valence electrons. The fourth-order valence-corrected chi connectivity index (χ4v) is 5.12. The van der Waals surface area contributed by atoms with Gasteiger partial charge in [0.2, 0.25) is 6.29 Å². The number of para-hydroxylation sites is 1. The van der Waals surface area contributed by atoms with Gasteiger partial charge < -0.3 is 44.4 Å². The molecule has 0 aliphatic carbocycles. The van der Waals surface area contributed by atoms with Gasteiger partial charge >= 0.3 is 0 Å². The Kier molecular flexibility index (Phi) is 8.73. The highest BCUT2D eigenvalue weighted by Crippen LogP contribution is 2.37. The number of aliphatic hydroxyl groups excluding tert-OH is 3. The van der Waals surface area contributed by atoms with Crippen molar-refractivity contribution in [2.45, 2.75) is 44.2 Å². The topological polar surface area (TPSA) is 168 Å². The van der Waals surface area contributed by atoms with E-state index < -0.39 is 47.8 Å². The SMILES string of the molecule is Cc1c(OC2OC(C(=O)Nc3ccccc3)C(O)C(O)C2O)cc2oc(-c3ccc(OCc4ccccc4)cc3)cc(=O)c2c1O. The number of nitrogens with one attached hydrogen (secondary N) is 1. The molecule has 5 unspecified atom stereocenters. The van der Waals surface area contributed by atoms with E-state index in [9.17, 15) is 30.0 Å². The summed E-state index contributed by atoms with van der Waals surface area (Å²) in [5.41, 5.74) is 1.62. The number of phenols is 1. The van der Waals surface area contributed by atoms with Crippen molar-refractivity contribution < 1.29 is 43.8 Å². The second-order valence-corrected chi connectivity index (χ2v) is 10.9. The van der Waals surface area contributed by atoms with Crippen LogP contribution in [0.2, 0.25) is 0 Å². The van der Waals surface area contributed by atoms with Gasteiger partial charge in [-0.05, 0) is 48.9 Å². The normalized spacial score (nSPS) is 21.1. The average molecular weight is 626 g/mol. The van der Waals surface area contributed by atoms with Crippen molar-refractivity contribution in [2.24, 2.45) is 0 Å². The number of carbonyl (C=O) groups excluding carboxylic acids is 1. The fraction of sp³-hybridized carbons (Fsp3) is 0.200. The Morgan fingerprint density at radius 3 is 2.24 bits per heavy atom. The molecule has 4 aromatic carbocycles. The van der Waals surface area contributed by atoms with Crippen LogP contribution >= 0.6 is 0 Å². The van der Waals surface area contributed by atoms with Gasteiger partial charge in [0, 0.05) is 28.9 Å². The molecule has 1 amide bonds. The molecule has 1 aromatic heterocycles. The van der Waals surface area contributed by atoms with Gasteiger partial charge in [-0.2, -0.15) is 0 Å². The van der Waals surface area contributed by atoms with Gasteiger partial charge in [-0.15, -0.1) is 0 Å². The molecule has 1 fully saturated rings. The number of hydrogen-bond acceptors (Lipinski definition) is 10. The van der Waals surface area contributed by atoms with Crippen LogP contribution in [-0.2, 0) is 16.1 Å². The zero-order valence-electron chi connectivity index (χ0n) is 24.6. The molecule has 0 spiro atoms. The summed E-state index contributed by atoms with van der Waals surface area (Å²) in [6, 6.07) is 27.7. The molecule has 5 N–H and O–H groups in total. The molecule has 1 saturated heterocycles. The smallest absolute Gasteiger partial charge is 0.256 e. The number of ether oxygens (including phenoxy) is 3. The lowest BCUT2D eigenvalue weighted by Gasteiger charge is -2.39. The molecular weight excluding hydrogens is 594 g/mol. The minimum atomic E-state index is -1.80. The average Bonchev–Trinajstić information content (AvgIpc) is 3.07. The Morgan fingerprint density at radius 1 is 0.870 bits per heavy atom. The minimum absolute atomic E-state index is 0.0192. The molecule has 0 radical (unpaired) electrons. The van der Waals surface area contributed by atoms with Crippen molar-refractivity contribution in [3.05, 3.63) is 118 Å². The number of hydrogen-bond donors (Lipinski definition) is 5. The predicted molar refractivity (Wildman–Crippen MR) is 167 cm³/mol. The maximum atomic E-state index is 13.1. The molecule has 11 heteroatoms. The van der Waals surface area contributed by atoms with Crippen LogP contribution in [0.5, 0.6) is 17.2 Å². The summed E-state index contributed by atoms with van der Waals surface area (Å²) in [4.78, 5) is 26.0. The first-order chi connectivity index (χ1) is 22.2. The molecule has 2 heterocycles. The Bertz CT molecular complexity index is 1890. The highest BCUT2D eigenvalue weighted by molar-refractivity contribution is 5.94. The molecule has 1 aliphatic rings. The molecule has 5 atom stereocenters. The molecule has 0 saturated carbocycles. The number of carbonyl (C=O) groups is 1. The van der Waals surface area contributed by atoms with E-state index in [1.165, 1.54) is 19.1 Å². The number of anilines is 1. The van der Waals surface area contributed by atoms with Crippen molar-refractivity contribution in [2.75, 3.05) is 5.32 Å². The van der Waals surface area contributed by atoms with Gasteiger partial charge in [0.1, 0.15) is 58.9 Å². The fourth-order valence-electron chi connectivity index (χ4n) is 5.12. The Morgan fingerprint density at radius 2 is 1.54 bits per heavy atom. The summed E-state index contributed by atoms with van der Waals surface area (Å²) in [6.45, 7) is 1.87. The summed E-state index contributed by atoms with van der Waals surface area (Å²) in [6.07, 6.45) is -8.58. The number of fused-ring (bicyclic) bond motifs is 1. The standard InChI is InChI=1S/C35H31NO10/c1-19-25(45-35-32(41)30(39)31(40)33(46-35)34(42)36-22-10-6-3-7-11-22)17-27-28(29(19)38)24(37)16-26(44-27)21-12-14-23(15-13-21)43-18-20-8-4-2-5-9-20/h2-17,30-33,35,38-41H,18H2,1H3,(H,36,42). The van der Waals surface area contributed by atoms with E-state index in [1.807, 2.05) is 30.3 Å². The highest BCUT2D eigenvalue weighted by atomic mass is 16.7. The predicted octanol–water partition coefficient (Wildman–Crippen LogP) is 3.88. The first-order valence-electron chi connectivity index (χ1n) is 14.5. The van der Waals surface area contributed by atoms with Crippen LogP contribution in [0.15, 0.2) is 106 Å². The largest absolute Gasteiger partial charge is 0.507 e. The first-order valence-corrected chi connectivity index (χ1v) is 14.5. The number of benzene rings is 4. The van der Waals surface area contributed by atoms with E-state index in [0.717, 1.165) is 5.56 Å². The van der Waals surface area contributed by atoms with Crippen LogP contribution in [0.25, 0.3) is 22.3 Å². The molecule has 1 aliphatic heterocycles. The van der Waals surface area contributed by atoms with Crippen molar-refractivity contribution in [3.8, 4) is 28.6 Å². The van der Waals surface area contributed by atoms with Gasteiger partial charge in [0.05, 0.1) is 0 Å². The van der Waals surface area contributed by atoms with Crippen molar-refractivity contribution in [1.82, 2.24) is 0 Å². The number of phenolic OH excluding ortho intramolecular Hbond substituents is 1. The van der Waals surface area contributed by atoms with Gasteiger partial charge in [-0.25, -0.2) is 0 Å². The number of aliphatic hydroxyl groups is 3. The number of rotatable bonds is 8. The highest BCUT2D eigenvalue weighted by Gasteiger charge is 2.48. The third-order valence-corrected chi connectivity index (χ3v) is 7.70. The summed E-state index contributed by atoms with van der Waals surface area (Å²) < 4.78 is 23.3. The van der Waals surface area contributed by atoms with Crippen molar-refractivity contribution in [3.63, 3.8) is 0 Å². The second kappa shape index (κ2) is 13.0. The van der Waals surface area contributed by atoms with E-state index >= 15 is 0 Å². The third-order valence-electron chi connectivity index (χ3n) is 7.70. The molecule has 11 nitrogen and oxygen atoms in total. The van der Waals surface area contributed by atoms with E-state index in [4.69, 9.17) is 18.6 Å². The summed E-state index contributed by atoms with van der Waals surface area (Å²) in [5.74, 6) is -0.407. The Balaban J connectivity index is 1.24. The molecule has 46 heavy (non-hydrogen) atoms. The Hall–Kier alpha value is -5.20. The van der Waals surface area contributed by atoms with Crippen LogP contribution in [0, 0.1) is 6.92 Å². The lowest BCUT2D eigenvalue weighted by atomic mass is 9.98. The van der Waals surface area contributed by atoms with Crippen LogP contribution in [0.4, 0.5) is 5.69 Å². The lowest BCUT2D eigenvalue weighted by molar-refractivity contribution is -0.265. The van der Waals surface area contributed by atoms with Crippen LogP contribution < -0.4 is 20.2 Å². The summed E-state index contributed by atoms with van der Waals surface area (Å²) in [5, 5.41) is 45.1. The van der Waals surface area contributed by atoms with Gasteiger partial charge in [0.15, 0.2) is 11.5 Å². The van der Waals surface area contributed by atoms with Gasteiger partial charge in [-0.3, -0.25) is 9.59 Å². The van der Waals surface area contributed by atoms with E-state index in [1.54, 1.807) is 54.6 Å². The Labute approximate surface area is 262 Å². The minimum Gasteiger partial charge on any atom is -0.507 e. The molecule has 0 bridgehead atoms. The first kappa shape index (κ1) is 30.8. The zero-order chi connectivity index (χ0) is 32.4. The van der Waals surface area contributed by atoms with Gasteiger partial charge in [0.25, 0.3) is 5.91 Å². The van der Waals surface area contributed by atoms with Crippen molar-refractivity contribution in [1.29, 1.82) is 0 Å². The quantitative estimate of drug-likeness (QED) is 0.171. The third kappa shape index (κ3) is 6.30. The van der Waals surface area contributed by atoms with E-state index in [0.29, 0.717) is 23.6 Å². The van der Waals surface area contributed by atoms with Crippen LogP contribution in [0.3, 0.4) is 0 Å². The maximum Gasteiger partial charge on any atom is 0.256 e. The van der Waals surface area contributed by atoms with Crippen LogP contribution in [-0.4, -0.2) is 57.0 Å². The maximum absolute atomic E-state index is 13.1. The monoisotopic (exact) mass is 625 g/mol. The molecule has 5 aromatic rings. The van der Waals surface area contributed by atoms with E-state index in [-0.39, 0.29) is 28.0 Å². The second-order valence-electron chi connectivity index (χ2n) is 10.9. The number of amides is 1. The van der Waals surface area contributed by atoms with Gasteiger partial charge in [-0.1, -0.05) is 48.5 Å². The van der Waals surface area contributed by atoms with Crippen molar-refractivity contribution >= 4 is 22.6 Å². The van der Waals surface area contributed by atoms with Crippen LogP contribution in [0.1, 0.15) is 11.1 Å². The number of aromatic hydroxyl groups is 1. The lowest BCUT2D eigenvalue weighted by Crippen LogP contribution is -2.62. The van der Waals surface area contributed by atoms with E-state index in [2.05, 4.69) is 5.32 Å². The molecule has 6 rings (SSSR count).